The van der Waals surface area contributed by atoms with Gasteiger partial charge in [0.1, 0.15) is 0 Å². The number of para-hydroxylation sites is 1. The fourth-order valence-electron chi connectivity index (χ4n) is 3.40. The van der Waals surface area contributed by atoms with Crippen LogP contribution in [-0.2, 0) is 9.59 Å². The molecule has 0 saturated heterocycles. The molecule has 1 aromatic heterocycles. The van der Waals surface area contributed by atoms with Crippen molar-refractivity contribution in [2.45, 2.75) is 33.7 Å². The molecule has 3 aromatic rings. The first-order valence-electron chi connectivity index (χ1n) is 9.82. The molecule has 30 heavy (non-hydrogen) atoms. The number of aryl methyl sites for hydroxylation is 2. The standard InChI is InChI=1S/C24H26N4O2/c1-16-10-8-9-13-22(16)28-17(2)14-21(19(28)4)15-25-27-24(30)23(29)26-18(3)20-11-6-5-7-12-20/h5-15,18H,1-4H3,(H,26,29)(H,27,30)/b25-15-/t18-/m0/s1. The van der Waals surface area contributed by atoms with Crippen molar-refractivity contribution in [2.24, 2.45) is 5.10 Å². The molecule has 2 amide bonds. The Balaban J connectivity index is 1.65. The number of hydrogen-bond acceptors (Lipinski definition) is 3. The van der Waals surface area contributed by atoms with Crippen LogP contribution in [0.2, 0.25) is 0 Å². The molecule has 0 unspecified atom stereocenters. The van der Waals surface area contributed by atoms with E-state index in [0.29, 0.717) is 0 Å². The van der Waals surface area contributed by atoms with E-state index in [0.717, 1.165) is 28.2 Å². The van der Waals surface area contributed by atoms with Crippen molar-refractivity contribution in [1.82, 2.24) is 15.3 Å². The third-order valence-corrected chi connectivity index (χ3v) is 5.05. The summed E-state index contributed by atoms with van der Waals surface area (Å²) < 4.78 is 2.15. The van der Waals surface area contributed by atoms with Gasteiger partial charge in [0.05, 0.1) is 12.3 Å². The van der Waals surface area contributed by atoms with Crippen LogP contribution >= 0.6 is 0 Å². The predicted molar refractivity (Wildman–Crippen MR) is 119 cm³/mol. The number of nitrogens with one attached hydrogen (secondary N) is 2. The monoisotopic (exact) mass is 402 g/mol. The van der Waals surface area contributed by atoms with E-state index in [-0.39, 0.29) is 6.04 Å². The van der Waals surface area contributed by atoms with E-state index >= 15 is 0 Å². The fraction of sp³-hybridized carbons (Fsp3) is 0.208. The van der Waals surface area contributed by atoms with Gasteiger partial charge in [0, 0.05) is 22.6 Å². The highest BCUT2D eigenvalue weighted by molar-refractivity contribution is 6.35. The lowest BCUT2D eigenvalue weighted by atomic mass is 10.1. The fourth-order valence-corrected chi connectivity index (χ4v) is 3.40. The minimum atomic E-state index is -0.804. The molecule has 1 heterocycles. The van der Waals surface area contributed by atoms with Gasteiger partial charge in [-0.05, 0) is 51.0 Å². The first-order chi connectivity index (χ1) is 14.4. The number of amides is 2. The van der Waals surface area contributed by atoms with Gasteiger partial charge >= 0.3 is 11.8 Å². The van der Waals surface area contributed by atoms with Crippen LogP contribution in [0.15, 0.2) is 65.8 Å². The van der Waals surface area contributed by atoms with Crippen LogP contribution in [0.3, 0.4) is 0 Å². The van der Waals surface area contributed by atoms with Crippen molar-refractivity contribution in [2.75, 3.05) is 0 Å². The number of rotatable bonds is 5. The molecule has 6 nitrogen and oxygen atoms in total. The van der Waals surface area contributed by atoms with E-state index in [1.807, 2.05) is 69.3 Å². The quantitative estimate of drug-likeness (QED) is 0.388. The van der Waals surface area contributed by atoms with Gasteiger partial charge < -0.3 is 9.88 Å². The zero-order valence-corrected chi connectivity index (χ0v) is 17.6. The van der Waals surface area contributed by atoms with Gasteiger partial charge in [-0.2, -0.15) is 5.10 Å². The molecule has 0 aliphatic carbocycles. The first-order valence-corrected chi connectivity index (χ1v) is 9.82. The zero-order valence-electron chi connectivity index (χ0n) is 17.6. The van der Waals surface area contributed by atoms with Crippen molar-refractivity contribution >= 4 is 18.0 Å². The van der Waals surface area contributed by atoms with E-state index in [9.17, 15) is 9.59 Å². The number of nitrogens with zero attached hydrogens (tertiary/aromatic N) is 2. The van der Waals surface area contributed by atoms with Gasteiger partial charge in [0.2, 0.25) is 0 Å². The second kappa shape index (κ2) is 9.22. The Labute approximate surface area is 176 Å². The minimum Gasteiger partial charge on any atom is -0.341 e. The van der Waals surface area contributed by atoms with Crippen LogP contribution in [-0.4, -0.2) is 22.6 Å². The van der Waals surface area contributed by atoms with Crippen LogP contribution in [0.4, 0.5) is 0 Å². The number of hydrogen-bond donors (Lipinski definition) is 2. The Morgan fingerprint density at radius 1 is 0.967 bits per heavy atom. The zero-order chi connectivity index (χ0) is 21.7. The van der Waals surface area contributed by atoms with Crippen molar-refractivity contribution in [3.63, 3.8) is 0 Å². The molecule has 2 N–H and O–H groups in total. The maximum Gasteiger partial charge on any atom is 0.329 e. The lowest BCUT2D eigenvalue weighted by Crippen LogP contribution is -2.39. The van der Waals surface area contributed by atoms with Crippen molar-refractivity contribution in [3.8, 4) is 5.69 Å². The molecule has 1 atom stereocenters. The molecule has 0 saturated carbocycles. The lowest BCUT2D eigenvalue weighted by molar-refractivity contribution is -0.139. The highest BCUT2D eigenvalue weighted by Gasteiger charge is 2.16. The number of benzene rings is 2. The summed E-state index contributed by atoms with van der Waals surface area (Å²) in [6, 6.07) is 19.3. The maximum absolute atomic E-state index is 12.1. The maximum atomic E-state index is 12.1. The average Bonchev–Trinajstić information content (AvgIpc) is 3.02. The minimum absolute atomic E-state index is 0.276. The molecule has 0 aliphatic heterocycles. The van der Waals surface area contributed by atoms with Gasteiger partial charge in [-0.1, -0.05) is 48.5 Å². The predicted octanol–water partition coefficient (Wildman–Crippen LogP) is 3.73. The van der Waals surface area contributed by atoms with Crippen molar-refractivity contribution in [3.05, 3.63) is 88.7 Å². The molecule has 6 heteroatoms. The molecule has 0 bridgehead atoms. The summed E-state index contributed by atoms with van der Waals surface area (Å²) >= 11 is 0. The molecule has 0 spiro atoms. The van der Waals surface area contributed by atoms with E-state index in [1.165, 1.54) is 5.56 Å². The highest BCUT2D eigenvalue weighted by Crippen LogP contribution is 2.22. The van der Waals surface area contributed by atoms with Gasteiger partial charge in [-0.3, -0.25) is 9.59 Å². The summed E-state index contributed by atoms with van der Waals surface area (Å²) in [5, 5.41) is 6.64. The van der Waals surface area contributed by atoms with Crippen LogP contribution in [0, 0.1) is 20.8 Å². The summed E-state index contributed by atoms with van der Waals surface area (Å²) in [5.41, 5.74) is 8.43. The summed E-state index contributed by atoms with van der Waals surface area (Å²) in [6.07, 6.45) is 1.56. The molecular formula is C24H26N4O2. The molecule has 3 rings (SSSR count). The van der Waals surface area contributed by atoms with Gasteiger partial charge in [0.25, 0.3) is 0 Å². The number of carbonyl (C=O) groups is 2. The first kappa shape index (κ1) is 21.0. The SMILES string of the molecule is Cc1ccccc1-n1c(C)cc(/C=N\NC(=O)C(=O)N[C@@H](C)c2ccccc2)c1C. The smallest absolute Gasteiger partial charge is 0.329 e. The van der Waals surface area contributed by atoms with Crippen LogP contribution in [0.25, 0.3) is 5.69 Å². The van der Waals surface area contributed by atoms with Crippen molar-refractivity contribution < 1.29 is 9.59 Å². The highest BCUT2D eigenvalue weighted by atomic mass is 16.2. The van der Waals surface area contributed by atoms with Crippen LogP contribution in [0.5, 0.6) is 0 Å². The number of hydrazone groups is 1. The Morgan fingerprint density at radius 3 is 2.33 bits per heavy atom. The largest absolute Gasteiger partial charge is 0.341 e. The summed E-state index contributed by atoms with van der Waals surface area (Å²) in [7, 11) is 0. The van der Waals surface area contributed by atoms with Crippen LogP contribution < -0.4 is 10.7 Å². The second-order valence-corrected chi connectivity index (χ2v) is 7.25. The van der Waals surface area contributed by atoms with E-state index in [2.05, 4.69) is 39.5 Å². The number of carbonyl (C=O) groups excluding carboxylic acids is 2. The number of aromatic nitrogens is 1. The third-order valence-electron chi connectivity index (χ3n) is 5.05. The molecule has 0 radical (unpaired) electrons. The Hall–Kier alpha value is -3.67. The van der Waals surface area contributed by atoms with E-state index in [1.54, 1.807) is 6.21 Å². The topological polar surface area (TPSA) is 75.5 Å². The normalized spacial score (nSPS) is 12.0. The van der Waals surface area contributed by atoms with Crippen LogP contribution in [0.1, 0.15) is 41.0 Å². The Bertz CT molecular complexity index is 1080. The lowest BCUT2D eigenvalue weighted by Gasteiger charge is -2.13. The second-order valence-electron chi connectivity index (χ2n) is 7.25. The average molecular weight is 402 g/mol. The molecule has 2 aromatic carbocycles. The summed E-state index contributed by atoms with van der Waals surface area (Å²) in [6.45, 7) is 7.91. The Kier molecular flexibility index (Phi) is 6.47. The molecule has 154 valence electrons. The molecular weight excluding hydrogens is 376 g/mol. The Morgan fingerprint density at radius 2 is 1.63 bits per heavy atom. The van der Waals surface area contributed by atoms with E-state index < -0.39 is 11.8 Å². The van der Waals surface area contributed by atoms with Gasteiger partial charge in [0.15, 0.2) is 0 Å². The molecule has 0 fully saturated rings. The summed E-state index contributed by atoms with van der Waals surface area (Å²) in [4.78, 5) is 24.2. The summed E-state index contributed by atoms with van der Waals surface area (Å²) in [5.74, 6) is -1.53. The third kappa shape index (κ3) is 4.66. The van der Waals surface area contributed by atoms with Gasteiger partial charge in [-0.25, -0.2) is 5.43 Å². The van der Waals surface area contributed by atoms with Crippen molar-refractivity contribution in [1.29, 1.82) is 0 Å². The van der Waals surface area contributed by atoms with E-state index in [4.69, 9.17) is 0 Å². The molecule has 0 aliphatic rings. The van der Waals surface area contributed by atoms with Gasteiger partial charge in [-0.15, -0.1) is 0 Å².